The summed E-state index contributed by atoms with van der Waals surface area (Å²) in [6.07, 6.45) is 6.60. The molecule has 1 saturated heterocycles. The van der Waals surface area contributed by atoms with Crippen LogP contribution in [0, 0.1) is 0 Å². The third kappa shape index (κ3) is 6.49. The molecule has 1 fully saturated rings. The van der Waals surface area contributed by atoms with Crippen molar-refractivity contribution in [1.29, 1.82) is 0 Å². The van der Waals surface area contributed by atoms with Gasteiger partial charge >= 0.3 is 0 Å². The topological polar surface area (TPSA) is 23.6 Å². The van der Waals surface area contributed by atoms with Crippen LogP contribution in [0.5, 0.6) is 0 Å². The molecule has 1 aromatic carbocycles. The molecule has 0 atom stereocenters. The maximum atomic E-state index is 12.3. The molecule has 0 radical (unpaired) electrons. The normalized spacial score (nSPS) is 15.6. The maximum absolute atomic E-state index is 12.3. The fraction of sp³-hybridized carbons (Fsp3) is 0.526. The zero-order valence-corrected chi connectivity index (χ0v) is 17.2. The Labute approximate surface area is 167 Å². The lowest BCUT2D eigenvalue weighted by molar-refractivity contribution is -0.128. The van der Waals surface area contributed by atoms with Gasteiger partial charge in [-0.25, -0.2) is 0 Å². The fourth-order valence-corrected chi connectivity index (χ4v) is 3.50. The molecule has 0 aliphatic carbocycles. The van der Waals surface area contributed by atoms with Crippen molar-refractivity contribution in [2.45, 2.75) is 39.2 Å². The van der Waals surface area contributed by atoms with Gasteiger partial charge in [-0.3, -0.25) is 9.69 Å². The van der Waals surface area contributed by atoms with Crippen molar-refractivity contribution in [3.8, 4) is 0 Å². The summed E-state index contributed by atoms with van der Waals surface area (Å²) in [6, 6.07) is 6.20. The van der Waals surface area contributed by atoms with Crippen molar-refractivity contribution in [1.82, 2.24) is 9.80 Å². The van der Waals surface area contributed by atoms with Crippen LogP contribution in [0.25, 0.3) is 0 Å². The van der Waals surface area contributed by atoms with E-state index in [2.05, 4.69) is 18.7 Å². The van der Waals surface area contributed by atoms with Crippen LogP contribution in [-0.2, 0) is 11.2 Å². The molecule has 0 bridgehead atoms. The smallest absolute Gasteiger partial charge is 0.246 e. The first-order valence-electron chi connectivity index (χ1n) is 8.68. The van der Waals surface area contributed by atoms with E-state index >= 15 is 0 Å². The summed E-state index contributed by atoms with van der Waals surface area (Å²) >= 11 is 11.9. The molecule has 0 N–H and O–H groups in total. The summed E-state index contributed by atoms with van der Waals surface area (Å²) < 4.78 is 0. The molecule has 2 rings (SSSR count). The molecule has 0 aromatic heterocycles. The minimum absolute atomic E-state index is 0. The standard InChI is InChI=1S/C19H26Cl2N2O.ClH/c1-3-16(4-2)22-10-12-23(13-11-22)19(24)7-5-6-15-8-9-17(20)18(21)14-15;/h5,7-9,14,16H,3-4,6,10-13H2,1-2H3;1H/b7-5+;. The second-order valence-corrected chi connectivity index (χ2v) is 7.00. The number of allylic oxidation sites excluding steroid dienone is 1. The number of hydrogen-bond acceptors (Lipinski definition) is 2. The largest absolute Gasteiger partial charge is 0.337 e. The van der Waals surface area contributed by atoms with Crippen LogP contribution in [0.2, 0.25) is 10.0 Å². The average Bonchev–Trinajstić information content (AvgIpc) is 2.59. The number of nitrogens with zero attached hydrogens (tertiary/aromatic N) is 2. The Morgan fingerprint density at radius 2 is 1.76 bits per heavy atom. The summed E-state index contributed by atoms with van der Waals surface area (Å²) in [4.78, 5) is 16.7. The molecule has 1 heterocycles. The van der Waals surface area contributed by atoms with Crippen LogP contribution in [0.15, 0.2) is 30.4 Å². The van der Waals surface area contributed by atoms with E-state index in [1.165, 1.54) is 12.8 Å². The van der Waals surface area contributed by atoms with Crippen LogP contribution >= 0.6 is 35.6 Å². The molecular weight excluding hydrogens is 379 g/mol. The fourth-order valence-electron chi connectivity index (χ4n) is 3.18. The number of benzene rings is 1. The van der Waals surface area contributed by atoms with E-state index in [9.17, 15) is 4.79 Å². The molecular formula is C19H27Cl3N2O. The van der Waals surface area contributed by atoms with E-state index in [1.807, 2.05) is 23.1 Å². The van der Waals surface area contributed by atoms with Crippen LogP contribution in [0.4, 0.5) is 0 Å². The summed E-state index contributed by atoms with van der Waals surface area (Å²) in [5, 5.41) is 1.10. The molecule has 140 valence electrons. The number of hydrogen-bond donors (Lipinski definition) is 0. The highest BCUT2D eigenvalue weighted by Crippen LogP contribution is 2.22. The van der Waals surface area contributed by atoms with Gasteiger partial charge in [-0.2, -0.15) is 0 Å². The van der Waals surface area contributed by atoms with Crippen molar-refractivity contribution < 1.29 is 4.79 Å². The van der Waals surface area contributed by atoms with Crippen LogP contribution in [-0.4, -0.2) is 47.9 Å². The first kappa shape index (κ1) is 22.3. The number of carbonyl (C=O) groups excluding carboxylic acids is 1. The second-order valence-electron chi connectivity index (χ2n) is 6.19. The van der Waals surface area contributed by atoms with Crippen LogP contribution < -0.4 is 0 Å². The molecule has 0 spiro atoms. The number of amides is 1. The van der Waals surface area contributed by atoms with Gasteiger partial charge in [-0.05, 0) is 43.0 Å². The van der Waals surface area contributed by atoms with E-state index in [0.717, 1.165) is 31.7 Å². The quantitative estimate of drug-likeness (QED) is 0.632. The van der Waals surface area contributed by atoms with E-state index < -0.39 is 0 Å². The Bertz CT molecular complexity index is 580. The zero-order chi connectivity index (χ0) is 17.5. The minimum Gasteiger partial charge on any atom is -0.337 e. The Morgan fingerprint density at radius 1 is 1.12 bits per heavy atom. The number of halogens is 3. The lowest BCUT2D eigenvalue weighted by Crippen LogP contribution is -2.51. The van der Waals surface area contributed by atoms with E-state index in [0.29, 0.717) is 22.5 Å². The monoisotopic (exact) mass is 404 g/mol. The number of carbonyl (C=O) groups is 1. The van der Waals surface area contributed by atoms with E-state index in [1.54, 1.807) is 12.1 Å². The molecule has 0 unspecified atom stereocenters. The molecule has 1 aromatic rings. The lowest BCUT2D eigenvalue weighted by atomic mass is 10.1. The van der Waals surface area contributed by atoms with E-state index in [4.69, 9.17) is 23.2 Å². The van der Waals surface area contributed by atoms with Gasteiger partial charge in [-0.1, -0.05) is 49.2 Å². The number of rotatable bonds is 6. The zero-order valence-electron chi connectivity index (χ0n) is 14.9. The van der Waals surface area contributed by atoms with Gasteiger partial charge < -0.3 is 4.90 Å². The Kier molecular flexibility index (Phi) is 9.88. The van der Waals surface area contributed by atoms with Gasteiger partial charge in [0.25, 0.3) is 0 Å². The van der Waals surface area contributed by atoms with Crippen molar-refractivity contribution in [3.05, 3.63) is 46.0 Å². The Balaban J connectivity index is 0.00000312. The van der Waals surface area contributed by atoms with Crippen molar-refractivity contribution in [3.63, 3.8) is 0 Å². The highest BCUT2D eigenvalue weighted by Gasteiger charge is 2.23. The molecule has 1 aliphatic rings. The van der Waals surface area contributed by atoms with Gasteiger partial charge in [0, 0.05) is 32.2 Å². The molecule has 3 nitrogen and oxygen atoms in total. The van der Waals surface area contributed by atoms with Gasteiger partial charge in [0.1, 0.15) is 0 Å². The van der Waals surface area contributed by atoms with Crippen molar-refractivity contribution in [2.75, 3.05) is 26.2 Å². The van der Waals surface area contributed by atoms with Gasteiger partial charge in [0.15, 0.2) is 0 Å². The van der Waals surface area contributed by atoms with E-state index in [-0.39, 0.29) is 18.3 Å². The minimum atomic E-state index is 0. The predicted octanol–water partition coefficient (Wildman–Crippen LogP) is 4.85. The summed E-state index contributed by atoms with van der Waals surface area (Å²) in [5.74, 6) is 0.0965. The van der Waals surface area contributed by atoms with Gasteiger partial charge in [-0.15, -0.1) is 12.4 Å². The highest BCUT2D eigenvalue weighted by molar-refractivity contribution is 6.42. The molecule has 25 heavy (non-hydrogen) atoms. The first-order chi connectivity index (χ1) is 11.5. The summed E-state index contributed by atoms with van der Waals surface area (Å²) in [6.45, 7) is 8.03. The molecule has 1 amide bonds. The summed E-state index contributed by atoms with van der Waals surface area (Å²) in [5.41, 5.74) is 1.05. The van der Waals surface area contributed by atoms with Gasteiger partial charge in [0.2, 0.25) is 5.91 Å². The third-order valence-corrected chi connectivity index (χ3v) is 5.42. The van der Waals surface area contributed by atoms with Gasteiger partial charge in [0.05, 0.1) is 10.0 Å². The van der Waals surface area contributed by atoms with Crippen molar-refractivity contribution >= 4 is 41.5 Å². The van der Waals surface area contributed by atoms with Crippen molar-refractivity contribution in [2.24, 2.45) is 0 Å². The maximum Gasteiger partial charge on any atom is 0.246 e. The summed E-state index contributed by atoms with van der Waals surface area (Å²) in [7, 11) is 0. The van der Waals surface area contributed by atoms with Crippen LogP contribution in [0.1, 0.15) is 32.3 Å². The van der Waals surface area contributed by atoms with Crippen LogP contribution in [0.3, 0.4) is 0 Å². The average molecular weight is 406 g/mol. The first-order valence-corrected chi connectivity index (χ1v) is 9.44. The second kappa shape index (κ2) is 11.1. The lowest BCUT2D eigenvalue weighted by Gasteiger charge is -2.38. The SMILES string of the molecule is CCC(CC)N1CCN(C(=O)/C=C/Cc2ccc(Cl)c(Cl)c2)CC1.Cl. The Morgan fingerprint density at radius 3 is 2.32 bits per heavy atom. The molecule has 1 aliphatic heterocycles. The Hall–Kier alpha value is -0.740. The molecule has 6 heteroatoms. The number of piperazine rings is 1. The predicted molar refractivity (Wildman–Crippen MR) is 109 cm³/mol. The third-order valence-electron chi connectivity index (χ3n) is 4.68. The highest BCUT2D eigenvalue weighted by atomic mass is 35.5. The molecule has 0 saturated carbocycles.